The average Bonchev–Trinajstić information content (AvgIpc) is 3.15. The van der Waals surface area contributed by atoms with Gasteiger partial charge in [-0.3, -0.25) is 23.9 Å². The second kappa shape index (κ2) is 13.3. The molecule has 0 aromatic carbocycles. The van der Waals surface area contributed by atoms with Crippen molar-refractivity contribution in [3.8, 4) is 12.3 Å². The van der Waals surface area contributed by atoms with Gasteiger partial charge in [0.05, 0.1) is 24.0 Å². The first-order chi connectivity index (χ1) is 19.1. The van der Waals surface area contributed by atoms with Crippen molar-refractivity contribution in [2.45, 2.75) is 19.5 Å². The number of nitrogens with zero attached hydrogens (tertiary/aromatic N) is 4. The van der Waals surface area contributed by atoms with Crippen molar-refractivity contribution in [3.63, 3.8) is 0 Å². The van der Waals surface area contributed by atoms with Gasteiger partial charge in [-0.1, -0.05) is 18.1 Å². The highest BCUT2D eigenvalue weighted by molar-refractivity contribution is 6.17. The number of terminal acetylenes is 1. The smallest absolute Gasteiger partial charge is 0.422 e. The predicted molar refractivity (Wildman–Crippen MR) is 141 cm³/mol. The minimum absolute atomic E-state index is 0.00562. The number of halogens is 3. The molecule has 208 valence electrons. The largest absolute Gasteiger partial charge is 0.492 e. The molecule has 0 unspecified atom stereocenters. The number of aryl methyl sites for hydroxylation is 1. The summed E-state index contributed by atoms with van der Waals surface area (Å²) in [5.74, 6) is 1.41. The van der Waals surface area contributed by atoms with E-state index >= 15 is 0 Å². The molecule has 0 spiro atoms. The van der Waals surface area contributed by atoms with Crippen LogP contribution >= 0.6 is 0 Å². The van der Waals surface area contributed by atoms with Crippen LogP contribution in [0.2, 0.25) is 0 Å². The first-order valence-electron chi connectivity index (χ1n) is 11.9. The summed E-state index contributed by atoms with van der Waals surface area (Å²) in [6.07, 6.45) is 11.3. The maximum atomic E-state index is 13.5. The summed E-state index contributed by atoms with van der Waals surface area (Å²) >= 11 is 0. The Morgan fingerprint density at radius 3 is 2.65 bits per heavy atom. The fraction of sp³-hybridized carbons (Fsp3) is 0.250. The van der Waals surface area contributed by atoms with E-state index in [1.54, 1.807) is 31.2 Å². The standard InChI is InChI=1S/C28H25F3N4O5/c1-4-8-21(10-7-15-39-3)35-23(33-25-22(27(35)38)12-11-19(2)32-25)13-14-34-24(36)17-20(26(34)37)9-5-6-16-40-18-28(29,30)31/h1,5-12,16-17H,13-15,18H2,2-3H3/b9-5-,10-7-,16-6+,21-8+. The van der Waals surface area contributed by atoms with E-state index in [1.165, 1.54) is 29.9 Å². The number of fused-ring (bicyclic) bond motifs is 1. The lowest BCUT2D eigenvalue weighted by atomic mass is 10.2. The van der Waals surface area contributed by atoms with Crippen LogP contribution in [0.25, 0.3) is 16.7 Å². The topological polar surface area (TPSA) is 104 Å². The van der Waals surface area contributed by atoms with Gasteiger partial charge in [-0.15, -0.1) is 6.42 Å². The van der Waals surface area contributed by atoms with Crippen LogP contribution in [0, 0.1) is 19.3 Å². The van der Waals surface area contributed by atoms with Crippen LogP contribution in [0.15, 0.2) is 71.3 Å². The van der Waals surface area contributed by atoms with Crippen LogP contribution in [-0.2, 0) is 25.5 Å². The van der Waals surface area contributed by atoms with E-state index in [2.05, 4.69) is 20.6 Å². The summed E-state index contributed by atoms with van der Waals surface area (Å²) in [6, 6.07) is 3.29. The number of amides is 2. The molecule has 2 aromatic heterocycles. The second-order valence-corrected chi connectivity index (χ2v) is 8.34. The zero-order chi connectivity index (χ0) is 29.3. The Bertz CT molecular complexity index is 1540. The molecule has 3 rings (SSSR count). The van der Waals surface area contributed by atoms with Crippen molar-refractivity contribution in [2.75, 3.05) is 26.9 Å². The molecule has 0 fully saturated rings. The Labute approximate surface area is 227 Å². The molecule has 1 aliphatic rings. The third-order valence-corrected chi connectivity index (χ3v) is 5.39. The summed E-state index contributed by atoms with van der Waals surface area (Å²) in [6.45, 7) is 0.444. The average molecular weight is 555 g/mol. The molecule has 40 heavy (non-hydrogen) atoms. The van der Waals surface area contributed by atoms with E-state index in [0.717, 1.165) is 23.3 Å². The minimum atomic E-state index is -4.47. The highest BCUT2D eigenvalue weighted by Gasteiger charge is 2.30. The molecule has 2 amide bonds. The molecular weight excluding hydrogens is 529 g/mol. The first-order valence-corrected chi connectivity index (χ1v) is 11.9. The number of imide groups is 1. The number of rotatable bonds is 11. The number of aromatic nitrogens is 3. The van der Waals surface area contributed by atoms with Crippen LogP contribution in [0.4, 0.5) is 13.2 Å². The summed E-state index contributed by atoms with van der Waals surface area (Å²) in [5.41, 5.74) is 0.775. The zero-order valence-corrected chi connectivity index (χ0v) is 21.6. The molecule has 9 nitrogen and oxygen atoms in total. The Morgan fingerprint density at radius 1 is 1.18 bits per heavy atom. The van der Waals surface area contributed by atoms with Crippen molar-refractivity contribution in [1.29, 1.82) is 0 Å². The number of ether oxygens (including phenoxy) is 2. The Balaban J connectivity index is 1.86. The van der Waals surface area contributed by atoms with Crippen molar-refractivity contribution in [3.05, 3.63) is 88.4 Å². The van der Waals surface area contributed by atoms with Gasteiger partial charge in [0.2, 0.25) is 0 Å². The Hall–Kier alpha value is -4.76. The highest BCUT2D eigenvalue weighted by atomic mass is 19.4. The Morgan fingerprint density at radius 2 is 1.95 bits per heavy atom. The van der Waals surface area contributed by atoms with E-state index in [0.29, 0.717) is 11.4 Å². The SMILES string of the molecule is C#C/C=C(\C=C/COC)n1c(CCN2C(=O)C=C(/C=C\C=C\OCC(F)(F)F)C2=O)nc2nc(C)ccc2c1=O. The van der Waals surface area contributed by atoms with Gasteiger partial charge < -0.3 is 9.47 Å². The van der Waals surface area contributed by atoms with Gasteiger partial charge in [0.1, 0.15) is 5.82 Å². The van der Waals surface area contributed by atoms with E-state index < -0.39 is 30.2 Å². The van der Waals surface area contributed by atoms with E-state index in [4.69, 9.17) is 11.2 Å². The van der Waals surface area contributed by atoms with Crippen LogP contribution in [0.1, 0.15) is 11.5 Å². The fourth-order valence-corrected chi connectivity index (χ4v) is 3.65. The monoisotopic (exact) mass is 554 g/mol. The van der Waals surface area contributed by atoms with Gasteiger partial charge in [-0.2, -0.15) is 13.2 Å². The molecule has 12 heteroatoms. The molecule has 0 bridgehead atoms. The zero-order valence-electron chi connectivity index (χ0n) is 21.6. The lowest BCUT2D eigenvalue weighted by Gasteiger charge is -2.17. The summed E-state index contributed by atoms with van der Waals surface area (Å²) in [7, 11) is 1.51. The molecule has 0 radical (unpaired) electrons. The fourth-order valence-electron chi connectivity index (χ4n) is 3.65. The third kappa shape index (κ3) is 7.64. The minimum Gasteiger partial charge on any atom is -0.492 e. The lowest BCUT2D eigenvalue weighted by Crippen LogP contribution is -2.34. The number of alkyl halides is 3. The number of allylic oxidation sites excluding steroid dienone is 5. The molecule has 3 heterocycles. The van der Waals surface area contributed by atoms with Crippen LogP contribution in [0.3, 0.4) is 0 Å². The number of carbonyl (C=O) groups is 2. The molecule has 2 aromatic rings. The number of hydrogen-bond donors (Lipinski definition) is 0. The lowest BCUT2D eigenvalue weighted by molar-refractivity contribution is -0.161. The maximum absolute atomic E-state index is 13.5. The van der Waals surface area contributed by atoms with Crippen molar-refractivity contribution in [2.24, 2.45) is 0 Å². The molecule has 0 saturated heterocycles. The van der Waals surface area contributed by atoms with E-state index in [1.807, 2.05) is 0 Å². The van der Waals surface area contributed by atoms with E-state index in [9.17, 15) is 27.6 Å². The number of methoxy groups -OCH3 is 1. The Kier molecular flexibility index (Phi) is 9.94. The van der Waals surface area contributed by atoms with Gasteiger partial charge in [0, 0.05) is 43.5 Å². The normalized spacial score (nSPS) is 14.8. The third-order valence-electron chi connectivity index (χ3n) is 5.39. The highest BCUT2D eigenvalue weighted by Crippen LogP contribution is 2.18. The van der Waals surface area contributed by atoms with Gasteiger partial charge in [-0.05, 0) is 37.3 Å². The van der Waals surface area contributed by atoms with Gasteiger partial charge in [0.25, 0.3) is 17.4 Å². The quantitative estimate of drug-likeness (QED) is 0.182. The first kappa shape index (κ1) is 29.8. The van der Waals surface area contributed by atoms with Gasteiger partial charge >= 0.3 is 6.18 Å². The van der Waals surface area contributed by atoms with Crippen LogP contribution < -0.4 is 5.56 Å². The predicted octanol–water partition coefficient (Wildman–Crippen LogP) is 3.26. The van der Waals surface area contributed by atoms with Gasteiger partial charge in [0.15, 0.2) is 12.3 Å². The number of hydrogen-bond acceptors (Lipinski definition) is 7. The van der Waals surface area contributed by atoms with Gasteiger partial charge in [-0.25, -0.2) is 9.97 Å². The molecule has 0 atom stereocenters. The number of pyridine rings is 1. The van der Waals surface area contributed by atoms with Crippen LogP contribution in [-0.4, -0.2) is 64.3 Å². The van der Waals surface area contributed by atoms with Crippen molar-refractivity contribution < 1.29 is 32.2 Å². The van der Waals surface area contributed by atoms with Crippen molar-refractivity contribution >= 4 is 28.5 Å². The number of carbonyl (C=O) groups excluding carboxylic acids is 2. The maximum Gasteiger partial charge on any atom is 0.422 e. The molecule has 1 aliphatic heterocycles. The molecular formula is C28H25F3N4O5. The summed E-state index contributed by atoms with van der Waals surface area (Å²) in [5, 5.41) is 0.257. The molecule has 0 saturated carbocycles. The molecule has 0 aliphatic carbocycles. The van der Waals surface area contributed by atoms with E-state index in [-0.39, 0.29) is 42.0 Å². The summed E-state index contributed by atoms with van der Waals surface area (Å²) < 4.78 is 47.0. The van der Waals surface area contributed by atoms with Crippen molar-refractivity contribution in [1.82, 2.24) is 19.4 Å². The molecule has 0 N–H and O–H groups in total. The second-order valence-electron chi connectivity index (χ2n) is 8.34. The summed E-state index contributed by atoms with van der Waals surface area (Å²) in [4.78, 5) is 48.7. The van der Waals surface area contributed by atoms with Crippen LogP contribution in [0.5, 0.6) is 0 Å².